The van der Waals surface area contributed by atoms with Gasteiger partial charge in [-0.2, -0.15) is 0 Å². The van der Waals surface area contributed by atoms with Crippen LogP contribution in [-0.2, 0) is 0 Å². The van der Waals surface area contributed by atoms with Crippen LogP contribution in [0.2, 0.25) is 15.2 Å². The summed E-state index contributed by atoms with van der Waals surface area (Å²) >= 11 is 18.1. The minimum atomic E-state index is 0.307. The number of piperazine rings is 1. The molecule has 2 heterocycles. The topological polar surface area (TPSA) is 22.6 Å². The number of hydrogen-bond acceptors (Lipinski definition) is 4. The van der Waals surface area contributed by atoms with Crippen molar-refractivity contribution in [2.75, 3.05) is 58.3 Å². The normalized spacial score (nSPS) is 17.0. The van der Waals surface area contributed by atoms with E-state index in [1.54, 1.807) is 6.07 Å². The molecule has 7 heteroatoms. The molecule has 0 bridgehead atoms. The van der Waals surface area contributed by atoms with Crippen LogP contribution in [0.1, 0.15) is 0 Å². The molecule has 0 aromatic carbocycles. The Morgan fingerprint density at radius 1 is 1.10 bits per heavy atom. The molecule has 0 N–H and O–H groups in total. The lowest BCUT2D eigenvalue weighted by atomic mass is 10.3. The molecule has 0 unspecified atom stereocenters. The number of pyridine rings is 1. The number of nitrogens with zero attached hydrogens (tertiary/aromatic N) is 4. The van der Waals surface area contributed by atoms with Crippen LogP contribution in [0, 0.1) is 0 Å². The molecule has 0 aliphatic carbocycles. The highest BCUT2D eigenvalue weighted by Gasteiger charge is 2.20. The molecule has 1 aromatic rings. The average Bonchev–Trinajstić information content (AvgIpc) is 2.41. The maximum Gasteiger partial charge on any atom is 0.150 e. The van der Waals surface area contributed by atoms with E-state index in [0.29, 0.717) is 15.2 Å². The molecule has 4 nitrogen and oxygen atoms in total. The van der Waals surface area contributed by atoms with E-state index in [1.807, 2.05) is 0 Å². The highest BCUT2D eigenvalue weighted by Crippen LogP contribution is 2.31. The molecule has 20 heavy (non-hydrogen) atoms. The van der Waals surface area contributed by atoms with Crippen molar-refractivity contribution in [3.05, 3.63) is 21.3 Å². The number of hydrogen-bond donors (Lipinski definition) is 0. The van der Waals surface area contributed by atoms with Gasteiger partial charge in [0, 0.05) is 39.3 Å². The van der Waals surface area contributed by atoms with Gasteiger partial charge in [0.25, 0.3) is 0 Å². The molecule has 0 atom stereocenters. The molecule has 1 aliphatic rings. The van der Waals surface area contributed by atoms with Crippen molar-refractivity contribution in [1.29, 1.82) is 0 Å². The smallest absolute Gasteiger partial charge is 0.150 e. The summed E-state index contributed by atoms with van der Waals surface area (Å²) in [6.45, 7) is 5.98. The molecule has 0 radical (unpaired) electrons. The first-order chi connectivity index (χ1) is 9.47. The van der Waals surface area contributed by atoms with E-state index >= 15 is 0 Å². The van der Waals surface area contributed by atoms with Crippen molar-refractivity contribution >= 4 is 40.6 Å². The molecule has 0 spiro atoms. The first kappa shape index (κ1) is 16.1. The number of aromatic nitrogens is 1. The third-order valence-electron chi connectivity index (χ3n) is 3.40. The Balaban J connectivity index is 1.95. The summed E-state index contributed by atoms with van der Waals surface area (Å²) in [5.74, 6) is 0.730. The Kier molecular flexibility index (Phi) is 5.75. The summed E-state index contributed by atoms with van der Waals surface area (Å²) < 4.78 is 0. The van der Waals surface area contributed by atoms with Gasteiger partial charge >= 0.3 is 0 Å². The highest BCUT2D eigenvalue weighted by atomic mass is 35.5. The maximum absolute atomic E-state index is 6.21. The second-order valence-corrected chi connectivity index (χ2v) is 6.37. The second-order valence-electron chi connectivity index (χ2n) is 5.20. The molecule has 1 aliphatic heterocycles. The summed E-state index contributed by atoms with van der Waals surface area (Å²) in [6.07, 6.45) is 0. The highest BCUT2D eigenvalue weighted by molar-refractivity contribution is 6.42. The summed E-state index contributed by atoms with van der Waals surface area (Å²) in [4.78, 5) is 11.1. The van der Waals surface area contributed by atoms with Crippen LogP contribution in [0.15, 0.2) is 6.07 Å². The minimum Gasteiger partial charge on any atom is -0.353 e. The van der Waals surface area contributed by atoms with Gasteiger partial charge in [0.2, 0.25) is 0 Å². The number of halogens is 3. The van der Waals surface area contributed by atoms with Gasteiger partial charge in [0.1, 0.15) is 11.0 Å². The zero-order valence-corrected chi connectivity index (χ0v) is 14.0. The lowest BCUT2D eigenvalue weighted by Gasteiger charge is -2.36. The Morgan fingerprint density at radius 2 is 1.75 bits per heavy atom. The van der Waals surface area contributed by atoms with Crippen LogP contribution in [0.4, 0.5) is 5.82 Å². The summed E-state index contributed by atoms with van der Waals surface area (Å²) in [5.41, 5.74) is 0. The van der Waals surface area contributed by atoms with E-state index in [2.05, 4.69) is 33.8 Å². The third-order valence-corrected chi connectivity index (χ3v) is 4.35. The molecule has 0 saturated carbocycles. The van der Waals surface area contributed by atoms with Gasteiger partial charge in [0.05, 0.1) is 10.0 Å². The second kappa shape index (κ2) is 7.14. The van der Waals surface area contributed by atoms with E-state index in [1.165, 1.54) is 0 Å². The van der Waals surface area contributed by atoms with Crippen molar-refractivity contribution in [3.63, 3.8) is 0 Å². The van der Waals surface area contributed by atoms with Crippen LogP contribution in [0.3, 0.4) is 0 Å². The summed E-state index contributed by atoms with van der Waals surface area (Å²) in [6, 6.07) is 1.66. The standard InChI is InChI=1S/C13H19Cl3N4/c1-18(2)3-4-19-5-7-20(8-6-19)13-11(15)9-10(14)12(16)17-13/h9H,3-8H2,1-2H3. The van der Waals surface area contributed by atoms with E-state index in [0.717, 1.165) is 45.1 Å². The Bertz CT molecular complexity index is 459. The SMILES string of the molecule is CN(C)CCN1CCN(c2nc(Cl)c(Cl)cc2Cl)CC1. The molecule has 1 fully saturated rings. The van der Waals surface area contributed by atoms with Gasteiger partial charge in [-0.05, 0) is 20.2 Å². The predicted octanol–water partition coefficient (Wildman–Crippen LogP) is 2.73. The molecule has 2 rings (SSSR count). The molecule has 1 aromatic heterocycles. The zero-order chi connectivity index (χ0) is 14.7. The molecular formula is C13H19Cl3N4. The summed E-state index contributed by atoms with van der Waals surface area (Å²) in [5, 5.41) is 1.26. The van der Waals surface area contributed by atoms with Crippen LogP contribution < -0.4 is 4.90 Å². The van der Waals surface area contributed by atoms with Crippen LogP contribution >= 0.6 is 34.8 Å². The van der Waals surface area contributed by atoms with E-state index < -0.39 is 0 Å². The quantitative estimate of drug-likeness (QED) is 0.788. The van der Waals surface area contributed by atoms with Gasteiger partial charge in [-0.15, -0.1) is 0 Å². The van der Waals surface area contributed by atoms with Crippen molar-refractivity contribution in [2.45, 2.75) is 0 Å². The maximum atomic E-state index is 6.21. The van der Waals surface area contributed by atoms with Gasteiger partial charge in [0.15, 0.2) is 0 Å². The predicted molar refractivity (Wildman–Crippen MR) is 86.5 cm³/mol. The molecule has 0 amide bonds. The Hall–Kier alpha value is -0.260. The molecule has 1 saturated heterocycles. The van der Waals surface area contributed by atoms with Crippen LogP contribution in [0.25, 0.3) is 0 Å². The van der Waals surface area contributed by atoms with E-state index in [4.69, 9.17) is 34.8 Å². The van der Waals surface area contributed by atoms with E-state index in [9.17, 15) is 0 Å². The Morgan fingerprint density at radius 3 is 2.35 bits per heavy atom. The van der Waals surface area contributed by atoms with Gasteiger partial charge < -0.3 is 9.80 Å². The minimum absolute atomic E-state index is 0.307. The fraction of sp³-hybridized carbons (Fsp3) is 0.615. The van der Waals surface area contributed by atoms with Crippen LogP contribution in [-0.4, -0.2) is 68.1 Å². The monoisotopic (exact) mass is 336 g/mol. The zero-order valence-electron chi connectivity index (χ0n) is 11.7. The largest absolute Gasteiger partial charge is 0.353 e. The lowest BCUT2D eigenvalue weighted by molar-refractivity contribution is 0.229. The van der Waals surface area contributed by atoms with Crippen molar-refractivity contribution in [1.82, 2.24) is 14.8 Å². The van der Waals surface area contributed by atoms with Crippen molar-refractivity contribution < 1.29 is 0 Å². The molecule has 112 valence electrons. The number of rotatable bonds is 4. The van der Waals surface area contributed by atoms with Gasteiger partial charge in [-0.25, -0.2) is 4.98 Å². The fourth-order valence-corrected chi connectivity index (χ4v) is 2.79. The molecular weight excluding hydrogens is 319 g/mol. The summed E-state index contributed by atoms with van der Waals surface area (Å²) in [7, 11) is 4.19. The van der Waals surface area contributed by atoms with Gasteiger partial charge in [-0.1, -0.05) is 34.8 Å². The average molecular weight is 338 g/mol. The van der Waals surface area contributed by atoms with Gasteiger partial charge in [-0.3, -0.25) is 4.90 Å². The van der Waals surface area contributed by atoms with Crippen LogP contribution in [0.5, 0.6) is 0 Å². The number of anilines is 1. The first-order valence-electron chi connectivity index (χ1n) is 6.61. The first-order valence-corrected chi connectivity index (χ1v) is 7.74. The third kappa shape index (κ3) is 4.12. The fourth-order valence-electron chi connectivity index (χ4n) is 2.18. The van der Waals surface area contributed by atoms with Crippen molar-refractivity contribution in [2.24, 2.45) is 0 Å². The van der Waals surface area contributed by atoms with E-state index in [-0.39, 0.29) is 0 Å². The number of likely N-dealkylation sites (N-methyl/N-ethyl adjacent to an activating group) is 1. The Labute approximate surface area is 135 Å². The lowest BCUT2D eigenvalue weighted by Crippen LogP contribution is -2.48. The van der Waals surface area contributed by atoms with Crippen molar-refractivity contribution in [3.8, 4) is 0 Å².